The van der Waals surface area contributed by atoms with E-state index in [9.17, 15) is 74.3 Å². The number of hydrogen-bond acceptors (Lipinski definition) is 3. The first-order valence-electron chi connectivity index (χ1n) is 8.91. The van der Waals surface area contributed by atoms with Crippen LogP contribution in [0.1, 0.15) is 0 Å². The van der Waals surface area contributed by atoms with Gasteiger partial charge in [-0.05, 0) is 0 Å². The average Bonchev–Trinajstić information content (AvgIpc) is 2.71. The summed E-state index contributed by atoms with van der Waals surface area (Å²) < 4.78 is 223. The number of nitrogens with two attached hydrogens (primary N) is 1. The van der Waals surface area contributed by atoms with Crippen molar-refractivity contribution in [2.24, 2.45) is 5.73 Å². The summed E-state index contributed by atoms with van der Waals surface area (Å²) >= 11 is 0. The first-order valence-corrected chi connectivity index (χ1v) is 11.3. The Bertz CT molecular complexity index is 851. The van der Waals surface area contributed by atoms with Gasteiger partial charge in [0.15, 0.2) is 12.4 Å². The molecule has 37 heavy (non-hydrogen) atoms. The molecule has 0 bridgehead atoms. The third kappa shape index (κ3) is 4.43. The summed E-state index contributed by atoms with van der Waals surface area (Å²) in [5.41, 5.74) is -22.7. The fraction of sp³-hybridized carbons (Fsp3) is 0.667. The first-order chi connectivity index (χ1) is 16.0. The van der Waals surface area contributed by atoms with Crippen LogP contribution in [0.25, 0.3) is 0 Å². The van der Waals surface area contributed by atoms with Crippen LogP contribution in [0.5, 0.6) is 0 Å². The molecule has 3 N–H and O–H groups in total. The molecule has 0 fully saturated rings. The summed E-state index contributed by atoms with van der Waals surface area (Å²) in [6.07, 6.45) is -21.7. The van der Waals surface area contributed by atoms with Crippen molar-refractivity contribution in [2.45, 2.75) is 35.5 Å². The molecule has 22 heteroatoms. The van der Waals surface area contributed by atoms with E-state index in [1.54, 1.807) is 4.52 Å². The van der Waals surface area contributed by atoms with Gasteiger partial charge in [0, 0.05) is 31.9 Å². The Hall–Kier alpha value is -1.89. The number of aromatic amines is 1. The van der Waals surface area contributed by atoms with E-state index in [-0.39, 0.29) is 0 Å². The maximum atomic E-state index is 14.7. The summed E-state index contributed by atoms with van der Waals surface area (Å²) in [7, 11) is 4.05. The number of nitrogens with zero attached hydrogens (tertiary/aromatic N) is 1. The molecular formula is C15H17F17N3OP. The summed E-state index contributed by atoms with van der Waals surface area (Å²) in [6, 6.07) is 4.06. The fourth-order valence-corrected chi connectivity index (χ4v) is 6.24. The topological polar surface area (TPSA) is 52.6 Å². The van der Waals surface area contributed by atoms with Crippen LogP contribution in [-0.2, 0) is 4.52 Å². The monoisotopic (exact) mass is 609 g/mol. The Morgan fingerprint density at radius 2 is 1.00 bits per heavy atom. The van der Waals surface area contributed by atoms with Gasteiger partial charge in [0.25, 0.3) is 0 Å². The summed E-state index contributed by atoms with van der Waals surface area (Å²) in [4.78, 5) is 5.02. The second-order valence-corrected chi connectivity index (χ2v) is 11.8. The zero-order valence-electron chi connectivity index (χ0n) is 18.0. The van der Waals surface area contributed by atoms with Gasteiger partial charge in [-0.15, -0.1) is 0 Å². The zero-order valence-corrected chi connectivity index (χ0v) is 18.9. The van der Waals surface area contributed by atoms with Crippen LogP contribution < -0.4 is 15.6 Å². The molecule has 1 aromatic rings. The van der Waals surface area contributed by atoms with E-state index in [0.29, 0.717) is 0 Å². The molecule has 0 unspecified atom stereocenters. The molecule has 0 saturated carbocycles. The van der Waals surface area contributed by atoms with Crippen molar-refractivity contribution in [3.8, 4) is 0 Å². The number of aromatic nitrogens is 1. The normalized spacial score (nSPS) is 16.3. The molecule has 0 aliphatic carbocycles. The third-order valence-electron chi connectivity index (χ3n) is 4.56. The molecule has 0 aliphatic heterocycles. The molecule has 1 aromatic heterocycles. The minimum absolute atomic E-state index is 1.22. The zero-order chi connectivity index (χ0) is 30.2. The molecule has 0 saturated heterocycles. The number of hydrogen-bond donors (Lipinski definition) is 1. The minimum atomic E-state index is -14.2. The summed E-state index contributed by atoms with van der Waals surface area (Å²) in [6.45, 7) is -19.3. The molecule has 0 aliphatic rings. The number of halogens is 17. The molecule has 0 spiro atoms. The second kappa shape index (κ2) is 9.39. The Morgan fingerprint density at radius 1 is 0.703 bits per heavy atom. The standard InChI is InChI=1S/C8H6F17NOP.C7H10N2/c9-3(10,11)6(18,19)28(24,25,27-2-1-26,7(20,21)4(12,13)14)8(22,23)5(15,16)17;1-9(2)7-3-5-8-6-4-7/h1-2,26H2;3-6H,1-2H3/q-1;/p+1. The Kier molecular flexibility index (Phi) is 8.91. The number of H-pyrrole nitrogens is 1. The van der Waals surface area contributed by atoms with Crippen molar-refractivity contribution >= 4 is 12.5 Å². The molecule has 0 aromatic carbocycles. The molecular weight excluding hydrogens is 592 g/mol. The Labute approximate surface area is 195 Å². The van der Waals surface area contributed by atoms with Crippen molar-refractivity contribution in [3.05, 3.63) is 24.5 Å². The van der Waals surface area contributed by atoms with Gasteiger partial charge in [0.2, 0.25) is 0 Å². The predicted molar refractivity (Wildman–Crippen MR) is 94.5 cm³/mol. The first kappa shape index (κ1) is 35.1. The van der Waals surface area contributed by atoms with Crippen LogP contribution >= 0.6 is 6.79 Å². The van der Waals surface area contributed by atoms with Gasteiger partial charge in [-0.3, -0.25) is 0 Å². The van der Waals surface area contributed by atoms with Gasteiger partial charge in [0.05, 0.1) is 0 Å². The Morgan fingerprint density at radius 3 is 1.19 bits per heavy atom. The van der Waals surface area contributed by atoms with Gasteiger partial charge in [0.1, 0.15) is 0 Å². The SMILES string of the molecule is CN(C)c1cc[nH+]cc1.NCCO[P-](F)(F)(C(F)(F)C(F)(F)F)(C(F)(F)C(F)(F)F)C(F)(F)C(F)(F)F. The van der Waals surface area contributed by atoms with Gasteiger partial charge >= 0.3 is 140 Å². The van der Waals surface area contributed by atoms with Crippen molar-refractivity contribution in [1.29, 1.82) is 0 Å². The van der Waals surface area contributed by atoms with Crippen molar-refractivity contribution < 1.29 is 83.8 Å². The van der Waals surface area contributed by atoms with Gasteiger partial charge < -0.3 is 4.90 Å². The van der Waals surface area contributed by atoms with Crippen molar-refractivity contribution in [3.63, 3.8) is 0 Å². The van der Waals surface area contributed by atoms with Crippen LogP contribution in [0, 0.1) is 0 Å². The van der Waals surface area contributed by atoms with Gasteiger partial charge in [-0.25, -0.2) is 4.98 Å². The molecule has 1 rings (SSSR count). The third-order valence-corrected chi connectivity index (χ3v) is 9.74. The number of anilines is 1. The van der Waals surface area contributed by atoms with Gasteiger partial charge in [-0.1, -0.05) is 0 Å². The van der Waals surface area contributed by atoms with Gasteiger partial charge in [-0.2, -0.15) is 0 Å². The molecule has 1 heterocycles. The number of pyridine rings is 1. The van der Waals surface area contributed by atoms with Crippen LogP contribution in [0.3, 0.4) is 0 Å². The van der Waals surface area contributed by atoms with E-state index in [0.717, 1.165) is 0 Å². The summed E-state index contributed by atoms with van der Waals surface area (Å²) in [5, 5.41) is 0. The molecule has 0 atom stereocenters. The molecule has 0 radical (unpaired) electrons. The average molecular weight is 609 g/mol. The van der Waals surface area contributed by atoms with Crippen LogP contribution in [0.4, 0.5) is 79.9 Å². The van der Waals surface area contributed by atoms with E-state index in [1.807, 2.05) is 38.6 Å². The van der Waals surface area contributed by atoms with E-state index >= 15 is 0 Å². The van der Waals surface area contributed by atoms with E-state index in [4.69, 9.17) is 0 Å². The summed E-state index contributed by atoms with van der Waals surface area (Å²) in [5.74, 6) is 0. The quantitative estimate of drug-likeness (QED) is 0.275. The molecule has 0 amide bonds. The molecule has 222 valence electrons. The predicted octanol–water partition coefficient (Wildman–Crippen LogP) is 6.77. The maximum absolute atomic E-state index is 14.7. The van der Waals surface area contributed by atoms with Crippen LogP contribution in [0.2, 0.25) is 0 Å². The molecule has 4 nitrogen and oxygen atoms in total. The number of rotatable bonds is 7. The number of nitrogens with one attached hydrogen (secondary N) is 1. The van der Waals surface area contributed by atoms with E-state index < -0.39 is 55.5 Å². The Balaban J connectivity index is 0.00000120. The second-order valence-electron chi connectivity index (χ2n) is 7.21. The van der Waals surface area contributed by atoms with E-state index in [1.165, 1.54) is 5.69 Å². The van der Waals surface area contributed by atoms with Crippen molar-refractivity contribution in [2.75, 3.05) is 32.1 Å². The number of alkyl halides is 15. The van der Waals surface area contributed by atoms with Crippen LogP contribution in [-0.4, -0.2) is 62.8 Å². The fourth-order valence-electron chi connectivity index (χ4n) is 2.53. The van der Waals surface area contributed by atoms with E-state index in [2.05, 4.69) is 15.6 Å². The van der Waals surface area contributed by atoms with Crippen LogP contribution in [0.15, 0.2) is 24.5 Å². The van der Waals surface area contributed by atoms with Crippen molar-refractivity contribution in [1.82, 2.24) is 0 Å².